The zero-order valence-electron chi connectivity index (χ0n) is 42.5. The van der Waals surface area contributed by atoms with Crippen molar-refractivity contribution in [3.8, 4) is 55.9 Å². The van der Waals surface area contributed by atoms with Crippen molar-refractivity contribution in [1.82, 2.24) is 9.97 Å². The molecule has 4 nitrogen and oxygen atoms in total. The lowest BCUT2D eigenvalue weighted by Crippen LogP contribution is -2.61. The summed E-state index contributed by atoms with van der Waals surface area (Å²) in [6, 6.07) is 80.0. The third-order valence-corrected chi connectivity index (χ3v) is 16.9. The molecule has 2 fully saturated rings. The zero-order valence-corrected chi connectivity index (χ0v) is 42.5. The second-order valence-corrected chi connectivity index (χ2v) is 21.4. The summed E-state index contributed by atoms with van der Waals surface area (Å²) in [5, 5.41) is 0. The lowest BCUT2D eigenvalue weighted by Gasteiger charge is -2.45. The fraction of sp³-hybridized carbons (Fsp3) is 0.171. The maximum atomic E-state index is 4.99. The summed E-state index contributed by atoms with van der Waals surface area (Å²) in [7, 11) is 0. The second-order valence-electron chi connectivity index (χ2n) is 21.4. The number of rotatable bonds is 9. The van der Waals surface area contributed by atoms with Gasteiger partial charge in [0.1, 0.15) is 0 Å². The Kier molecular flexibility index (Phi) is 11.8. The van der Waals surface area contributed by atoms with Gasteiger partial charge in [-0.3, -0.25) is 0 Å². The van der Waals surface area contributed by atoms with Crippen LogP contribution in [0.4, 0.5) is 34.1 Å². The van der Waals surface area contributed by atoms with Crippen LogP contribution in [0.1, 0.15) is 87.2 Å². The molecule has 0 radical (unpaired) electrons. The van der Waals surface area contributed by atoms with Crippen LogP contribution in [0.5, 0.6) is 0 Å². The molecule has 0 atom stereocenters. The van der Waals surface area contributed by atoms with Gasteiger partial charge in [-0.2, -0.15) is 0 Å². The average Bonchev–Trinajstić information content (AvgIpc) is 3.51. The van der Waals surface area contributed by atoms with E-state index in [1.165, 1.54) is 148 Å². The van der Waals surface area contributed by atoms with Crippen LogP contribution in [0.3, 0.4) is 0 Å². The number of fused-ring (bicyclic) bond motifs is 4. The van der Waals surface area contributed by atoms with Gasteiger partial charge >= 0.3 is 0 Å². The van der Waals surface area contributed by atoms with E-state index in [9.17, 15) is 0 Å². The van der Waals surface area contributed by atoms with Gasteiger partial charge in [0.05, 0.1) is 0 Å². The van der Waals surface area contributed by atoms with Gasteiger partial charge in [0.15, 0.2) is 5.82 Å². The molecule has 3 heterocycles. The van der Waals surface area contributed by atoms with Crippen molar-refractivity contribution in [3.05, 3.63) is 236 Å². The van der Waals surface area contributed by atoms with E-state index in [1.807, 2.05) is 18.5 Å². The Labute approximate surface area is 442 Å². The van der Waals surface area contributed by atoms with Gasteiger partial charge in [-0.15, -0.1) is 0 Å². The minimum absolute atomic E-state index is 0.0258. The van der Waals surface area contributed by atoms with Gasteiger partial charge in [0, 0.05) is 52.1 Å². The molecule has 2 aliphatic heterocycles. The Morgan fingerprint density at radius 3 is 1.07 bits per heavy atom. The van der Waals surface area contributed by atoms with Crippen molar-refractivity contribution >= 4 is 57.2 Å². The summed E-state index contributed by atoms with van der Waals surface area (Å²) in [4.78, 5) is 15.2. The minimum atomic E-state index is -0.0258. The highest BCUT2D eigenvalue weighted by molar-refractivity contribution is 7.00. The number of anilines is 6. The largest absolute Gasteiger partial charge is 0.311 e. The zero-order chi connectivity index (χ0) is 49.7. The average molecular weight is 967 g/mol. The first-order valence-electron chi connectivity index (χ1n) is 27.5. The molecule has 0 amide bonds. The van der Waals surface area contributed by atoms with Crippen LogP contribution in [0, 0.1) is 0 Å². The normalized spacial score (nSPS) is 15.3. The van der Waals surface area contributed by atoms with Crippen LogP contribution in [-0.4, -0.2) is 16.7 Å². The van der Waals surface area contributed by atoms with Crippen molar-refractivity contribution in [1.29, 1.82) is 0 Å². The Hall–Kier alpha value is -8.28. The van der Waals surface area contributed by atoms with Crippen LogP contribution < -0.4 is 26.2 Å². The Balaban J connectivity index is 1.09. The minimum Gasteiger partial charge on any atom is -0.311 e. The number of hydrogen-bond acceptors (Lipinski definition) is 4. The van der Waals surface area contributed by atoms with Crippen LogP contribution in [0.25, 0.3) is 55.9 Å². The van der Waals surface area contributed by atoms with Crippen LogP contribution in [-0.2, 0) is 0 Å². The molecule has 4 aliphatic rings. The summed E-state index contributed by atoms with van der Waals surface area (Å²) in [5.41, 5.74) is 24.5. The fourth-order valence-electron chi connectivity index (χ4n) is 13.2. The van der Waals surface area contributed by atoms with Gasteiger partial charge < -0.3 is 9.80 Å². The van der Waals surface area contributed by atoms with Crippen LogP contribution in [0.2, 0.25) is 0 Å². The highest BCUT2D eigenvalue weighted by atomic mass is 15.2. The SMILES string of the molecule is c1ccc(-c2cc(-c3ccccc3)cc(N3c4ccc(C5CCCCC5)cc4B4c5cc(C6CCCCC6)ccc5N(c5cc(-c6ccccc6)cc(-c6ccccc6)c5)c5cc(-c6ncccn6)cc3c54)c2)cc1. The topological polar surface area (TPSA) is 32.3 Å². The van der Waals surface area contributed by atoms with E-state index >= 15 is 0 Å². The summed E-state index contributed by atoms with van der Waals surface area (Å²) < 4.78 is 0. The first-order valence-corrected chi connectivity index (χ1v) is 27.5. The first kappa shape index (κ1) is 45.3. The summed E-state index contributed by atoms with van der Waals surface area (Å²) >= 11 is 0. The maximum absolute atomic E-state index is 4.99. The Morgan fingerprint density at radius 2 is 0.693 bits per heavy atom. The molecule has 0 saturated heterocycles. The van der Waals surface area contributed by atoms with Crippen molar-refractivity contribution in [2.75, 3.05) is 9.80 Å². The van der Waals surface area contributed by atoms with E-state index in [0.29, 0.717) is 17.7 Å². The molecule has 14 rings (SSSR count). The molecule has 0 N–H and O–H groups in total. The quantitative estimate of drug-likeness (QED) is 0.135. The monoisotopic (exact) mass is 966 g/mol. The van der Waals surface area contributed by atoms with E-state index in [4.69, 9.17) is 9.97 Å². The maximum Gasteiger partial charge on any atom is 0.252 e. The molecule has 2 aliphatic carbocycles. The Bertz CT molecular complexity index is 3350. The summed E-state index contributed by atoms with van der Waals surface area (Å²) in [5.74, 6) is 1.80. The molecule has 1 aromatic heterocycles. The fourth-order valence-corrected chi connectivity index (χ4v) is 13.2. The van der Waals surface area contributed by atoms with Crippen molar-refractivity contribution < 1.29 is 0 Å². The van der Waals surface area contributed by atoms with E-state index in [0.717, 1.165) is 28.3 Å². The van der Waals surface area contributed by atoms with E-state index in [2.05, 4.69) is 216 Å². The van der Waals surface area contributed by atoms with Crippen molar-refractivity contribution in [3.63, 3.8) is 0 Å². The van der Waals surface area contributed by atoms with Gasteiger partial charge in [0.2, 0.25) is 0 Å². The lowest BCUT2D eigenvalue weighted by atomic mass is 9.33. The summed E-state index contributed by atoms with van der Waals surface area (Å²) in [6.07, 6.45) is 16.5. The summed E-state index contributed by atoms with van der Waals surface area (Å²) in [6.45, 7) is -0.0258. The standard InChI is InChI=1S/C70H59BN4/c1-7-20-48(21-8-1)54-32-34-65-63(44-54)71-64-45-55(49-22-9-2-10-23-49)33-35-66(64)75(62-42-58(52-28-15-5-16-29-52)39-59(43-62)53-30-17-6-18-31-53)68-47-60(70-72-36-19-37-73-70)46-67(69(68)71)74(65)61-40-56(50-24-11-3-12-25-50)38-57(41-61)51-26-13-4-14-27-51/h3-6,11-19,24-49H,1-2,7-10,20-23H2. The molecule has 362 valence electrons. The third-order valence-electron chi connectivity index (χ3n) is 16.9. The van der Waals surface area contributed by atoms with E-state index in [1.54, 1.807) is 0 Å². The predicted molar refractivity (Wildman–Crippen MR) is 315 cm³/mol. The molecule has 75 heavy (non-hydrogen) atoms. The van der Waals surface area contributed by atoms with Crippen LogP contribution >= 0.6 is 0 Å². The first-order chi connectivity index (χ1) is 37.2. The molecular weight excluding hydrogens is 908 g/mol. The highest BCUT2D eigenvalue weighted by Gasteiger charge is 2.45. The smallest absolute Gasteiger partial charge is 0.252 e. The van der Waals surface area contributed by atoms with Crippen molar-refractivity contribution in [2.24, 2.45) is 0 Å². The molecular formula is C70H59BN4. The van der Waals surface area contributed by atoms with Gasteiger partial charge in [-0.1, -0.05) is 184 Å². The van der Waals surface area contributed by atoms with Gasteiger partial charge in [-0.05, 0) is 176 Å². The molecule has 2 saturated carbocycles. The third kappa shape index (κ3) is 8.45. The van der Waals surface area contributed by atoms with Crippen molar-refractivity contribution in [2.45, 2.75) is 76.0 Å². The highest BCUT2D eigenvalue weighted by Crippen LogP contribution is 2.49. The second kappa shape index (κ2) is 19.5. The van der Waals surface area contributed by atoms with Crippen LogP contribution in [0.15, 0.2) is 225 Å². The molecule has 0 unspecified atom stereocenters. The van der Waals surface area contributed by atoms with Gasteiger partial charge in [-0.25, -0.2) is 9.97 Å². The molecule has 9 aromatic carbocycles. The van der Waals surface area contributed by atoms with E-state index in [-0.39, 0.29) is 6.71 Å². The molecule has 5 heteroatoms. The molecule has 0 bridgehead atoms. The number of benzene rings is 9. The molecule has 10 aromatic rings. The number of nitrogens with zero attached hydrogens (tertiary/aromatic N) is 4. The molecule has 0 spiro atoms. The predicted octanol–water partition coefficient (Wildman–Crippen LogP) is 17.0. The number of aromatic nitrogens is 2. The van der Waals surface area contributed by atoms with Gasteiger partial charge in [0.25, 0.3) is 6.71 Å². The van der Waals surface area contributed by atoms with E-state index < -0.39 is 0 Å². The Morgan fingerprint density at radius 1 is 0.320 bits per heavy atom. The number of hydrogen-bond donors (Lipinski definition) is 0. The lowest BCUT2D eigenvalue weighted by molar-refractivity contribution is 0.444.